The van der Waals surface area contributed by atoms with E-state index in [0.717, 1.165) is 30.5 Å². The van der Waals surface area contributed by atoms with Crippen molar-refractivity contribution in [1.82, 2.24) is 4.57 Å². The number of sulfone groups is 1. The summed E-state index contributed by atoms with van der Waals surface area (Å²) in [4.78, 5) is 24.9. The zero-order chi connectivity index (χ0) is 22.9. The molecule has 6 nitrogen and oxygen atoms in total. The Morgan fingerprint density at radius 3 is 2.31 bits per heavy atom. The van der Waals surface area contributed by atoms with Gasteiger partial charge in [-0.25, -0.2) is 12.8 Å². The number of hydrogen-bond donors (Lipinski definition) is 1. The van der Waals surface area contributed by atoms with Crippen LogP contribution in [0.3, 0.4) is 0 Å². The van der Waals surface area contributed by atoms with E-state index in [0.29, 0.717) is 16.2 Å². The summed E-state index contributed by atoms with van der Waals surface area (Å²) in [6.07, 6.45) is 1.14. The van der Waals surface area contributed by atoms with Crippen LogP contribution >= 0.6 is 11.6 Å². The predicted octanol–water partition coefficient (Wildman–Crippen LogP) is 4.27. The molecule has 32 heavy (non-hydrogen) atoms. The highest BCUT2D eigenvalue weighted by Crippen LogP contribution is 2.22. The molecule has 1 amide bonds. The summed E-state index contributed by atoms with van der Waals surface area (Å²) in [7, 11) is -4.25. The third kappa shape index (κ3) is 4.28. The van der Waals surface area contributed by atoms with Crippen LogP contribution in [0.1, 0.15) is 0 Å². The van der Waals surface area contributed by atoms with Gasteiger partial charge in [0.1, 0.15) is 17.3 Å². The van der Waals surface area contributed by atoms with Crippen molar-refractivity contribution in [2.24, 2.45) is 0 Å². The van der Waals surface area contributed by atoms with E-state index in [2.05, 4.69) is 5.32 Å². The van der Waals surface area contributed by atoms with Crippen LogP contribution in [-0.4, -0.2) is 18.9 Å². The number of amides is 1. The molecule has 0 bridgehead atoms. The van der Waals surface area contributed by atoms with Crippen LogP contribution in [0.5, 0.6) is 0 Å². The average molecular weight is 471 g/mol. The number of carbonyl (C=O) groups excluding carboxylic acids is 1. The molecule has 0 saturated heterocycles. The SMILES string of the molecule is O=C(Cn1cc(S(=O)(=O)c2ccc(F)cc2)c(=O)c2ccccc21)Nc1ccc(Cl)cc1. The molecule has 0 fully saturated rings. The topological polar surface area (TPSA) is 85.2 Å². The minimum Gasteiger partial charge on any atom is -0.336 e. The highest BCUT2D eigenvalue weighted by Gasteiger charge is 2.24. The third-order valence-corrected chi connectivity index (χ3v) is 6.82. The zero-order valence-electron chi connectivity index (χ0n) is 16.5. The smallest absolute Gasteiger partial charge is 0.244 e. The van der Waals surface area contributed by atoms with Crippen molar-refractivity contribution < 1.29 is 17.6 Å². The lowest BCUT2D eigenvalue weighted by molar-refractivity contribution is -0.116. The number of carbonyl (C=O) groups is 1. The minimum atomic E-state index is -4.25. The van der Waals surface area contributed by atoms with Crippen LogP contribution in [0.15, 0.2) is 93.6 Å². The van der Waals surface area contributed by atoms with Crippen LogP contribution in [0.2, 0.25) is 5.02 Å². The number of hydrogen-bond acceptors (Lipinski definition) is 4. The largest absolute Gasteiger partial charge is 0.336 e. The number of rotatable bonds is 5. The number of nitrogens with zero attached hydrogens (tertiary/aromatic N) is 1. The summed E-state index contributed by atoms with van der Waals surface area (Å²) in [6, 6.07) is 17.1. The Morgan fingerprint density at radius 2 is 1.62 bits per heavy atom. The Labute approximate surface area is 187 Å². The van der Waals surface area contributed by atoms with Gasteiger partial charge in [-0.15, -0.1) is 0 Å². The van der Waals surface area contributed by atoms with Crippen molar-refractivity contribution in [2.75, 3.05) is 5.32 Å². The molecule has 3 aromatic carbocycles. The van der Waals surface area contributed by atoms with E-state index in [-0.39, 0.29) is 16.8 Å². The van der Waals surface area contributed by atoms with Gasteiger partial charge in [-0.05, 0) is 60.7 Å². The van der Waals surface area contributed by atoms with Crippen LogP contribution in [0.4, 0.5) is 10.1 Å². The van der Waals surface area contributed by atoms with Crippen molar-refractivity contribution in [3.05, 3.63) is 100 Å². The second-order valence-electron chi connectivity index (χ2n) is 6.98. The molecule has 0 aliphatic rings. The van der Waals surface area contributed by atoms with Gasteiger partial charge in [0.2, 0.25) is 21.2 Å². The molecule has 4 aromatic rings. The zero-order valence-corrected chi connectivity index (χ0v) is 18.0. The highest BCUT2D eigenvalue weighted by atomic mass is 35.5. The van der Waals surface area contributed by atoms with Gasteiger partial charge in [-0.3, -0.25) is 9.59 Å². The molecular weight excluding hydrogens is 455 g/mol. The number of benzene rings is 3. The minimum absolute atomic E-state index is 0.148. The lowest BCUT2D eigenvalue weighted by Crippen LogP contribution is -2.23. The molecule has 0 atom stereocenters. The first-order valence-corrected chi connectivity index (χ1v) is 11.3. The maximum absolute atomic E-state index is 13.3. The van der Waals surface area contributed by atoms with E-state index in [1.165, 1.54) is 10.6 Å². The van der Waals surface area contributed by atoms with Crippen LogP contribution in [-0.2, 0) is 21.2 Å². The Hall–Kier alpha value is -3.49. The quantitative estimate of drug-likeness (QED) is 0.441. The number of anilines is 1. The fourth-order valence-electron chi connectivity index (χ4n) is 3.27. The van der Waals surface area contributed by atoms with E-state index in [4.69, 9.17) is 11.6 Å². The molecule has 9 heteroatoms. The summed E-state index contributed by atoms with van der Waals surface area (Å²) in [6.45, 7) is -0.241. The van der Waals surface area contributed by atoms with E-state index < -0.39 is 31.9 Å². The second-order valence-corrected chi connectivity index (χ2v) is 9.33. The van der Waals surface area contributed by atoms with Gasteiger partial charge in [-0.1, -0.05) is 23.7 Å². The van der Waals surface area contributed by atoms with E-state index in [9.17, 15) is 22.4 Å². The van der Waals surface area contributed by atoms with Crippen LogP contribution < -0.4 is 10.7 Å². The molecular formula is C23H16ClFN2O4S. The molecule has 0 aliphatic heterocycles. The summed E-state index contributed by atoms with van der Waals surface area (Å²) in [5.74, 6) is -1.02. The third-order valence-electron chi connectivity index (χ3n) is 4.81. The monoisotopic (exact) mass is 470 g/mol. The summed E-state index contributed by atoms with van der Waals surface area (Å²) in [5.41, 5.74) is 0.227. The standard InChI is InChI=1S/C23H16ClFN2O4S/c24-15-5-9-17(10-6-15)26-22(28)14-27-13-21(23(29)19-3-1-2-4-20(19)27)32(30,31)18-11-7-16(25)8-12-18/h1-13H,14H2,(H,26,28). The van der Waals surface area contributed by atoms with Crippen molar-refractivity contribution in [1.29, 1.82) is 0 Å². The first-order valence-electron chi connectivity index (χ1n) is 9.44. The Kier molecular flexibility index (Phi) is 5.82. The van der Waals surface area contributed by atoms with Gasteiger partial charge in [0.15, 0.2) is 0 Å². The first kappa shape index (κ1) is 21.7. The fourth-order valence-corrected chi connectivity index (χ4v) is 4.76. The fraction of sp³-hybridized carbons (Fsp3) is 0.0435. The lowest BCUT2D eigenvalue weighted by atomic mass is 10.2. The van der Waals surface area contributed by atoms with Crippen molar-refractivity contribution in [3.8, 4) is 0 Å². The Bertz CT molecular complexity index is 1480. The number of pyridine rings is 1. The first-order chi connectivity index (χ1) is 15.3. The maximum atomic E-state index is 13.3. The summed E-state index contributed by atoms with van der Waals surface area (Å²) in [5, 5.41) is 3.37. The van der Waals surface area contributed by atoms with Gasteiger partial charge in [0.25, 0.3) is 0 Å². The van der Waals surface area contributed by atoms with Gasteiger partial charge in [0, 0.05) is 22.3 Å². The lowest BCUT2D eigenvalue weighted by Gasteiger charge is -2.14. The van der Waals surface area contributed by atoms with Crippen LogP contribution in [0.25, 0.3) is 10.9 Å². The molecule has 1 heterocycles. The van der Waals surface area contributed by atoms with E-state index in [1.54, 1.807) is 42.5 Å². The molecule has 0 aliphatic carbocycles. The molecule has 0 radical (unpaired) electrons. The summed E-state index contributed by atoms with van der Waals surface area (Å²) >= 11 is 5.85. The van der Waals surface area contributed by atoms with E-state index in [1.807, 2.05) is 0 Å². The van der Waals surface area contributed by atoms with Crippen molar-refractivity contribution in [3.63, 3.8) is 0 Å². The maximum Gasteiger partial charge on any atom is 0.244 e. The molecule has 162 valence electrons. The van der Waals surface area contributed by atoms with Gasteiger partial charge in [-0.2, -0.15) is 0 Å². The normalized spacial score (nSPS) is 11.4. The second kappa shape index (κ2) is 8.57. The molecule has 0 saturated carbocycles. The van der Waals surface area contributed by atoms with E-state index >= 15 is 0 Å². The van der Waals surface area contributed by atoms with Crippen LogP contribution in [0, 0.1) is 5.82 Å². The van der Waals surface area contributed by atoms with Gasteiger partial charge in [0.05, 0.1) is 10.4 Å². The number of nitrogens with one attached hydrogen (secondary N) is 1. The van der Waals surface area contributed by atoms with Crippen molar-refractivity contribution in [2.45, 2.75) is 16.3 Å². The Morgan fingerprint density at radius 1 is 0.969 bits per heavy atom. The molecule has 1 aromatic heterocycles. The number of halogens is 2. The van der Waals surface area contributed by atoms with Gasteiger partial charge < -0.3 is 9.88 Å². The molecule has 1 N–H and O–H groups in total. The number of aromatic nitrogens is 1. The Balaban J connectivity index is 1.78. The average Bonchev–Trinajstić information content (AvgIpc) is 2.77. The number of para-hydroxylation sites is 1. The molecule has 0 spiro atoms. The van der Waals surface area contributed by atoms with Crippen molar-refractivity contribution >= 4 is 43.9 Å². The molecule has 4 rings (SSSR count). The number of fused-ring (bicyclic) bond motifs is 1. The van der Waals surface area contributed by atoms with Gasteiger partial charge >= 0.3 is 0 Å². The highest BCUT2D eigenvalue weighted by molar-refractivity contribution is 7.91. The predicted molar refractivity (Wildman–Crippen MR) is 120 cm³/mol. The molecule has 0 unspecified atom stereocenters. The summed E-state index contributed by atoms with van der Waals surface area (Å²) < 4.78 is 40.9.